The molecule has 0 radical (unpaired) electrons. The van der Waals surface area contributed by atoms with E-state index in [0.29, 0.717) is 12.8 Å². The van der Waals surface area contributed by atoms with Crippen LogP contribution in [0, 0.1) is 0 Å². The number of aliphatic carboxylic acids is 1. The van der Waals surface area contributed by atoms with Gasteiger partial charge in [0.15, 0.2) is 6.10 Å². The lowest BCUT2D eigenvalue weighted by Crippen LogP contribution is -2.27. The average molecular weight is 944 g/mol. The van der Waals surface area contributed by atoms with Gasteiger partial charge < -0.3 is 9.84 Å². The van der Waals surface area contributed by atoms with Gasteiger partial charge in [0.2, 0.25) is 0 Å². The highest BCUT2D eigenvalue weighted by Gasteiger charge is 2.21. The minimum absolute atomic E-state index is 0.336. The van der Waals surface area contributed by atoms with Crippen molar-refractivity contribution >= 4 is 11.9 Å². The highest BCUT2D eigenvalue weighted by atomic mass is 16.6. The fourth-order valence-electron chi connectivity index (χ4n) is 10.1. The molecule has 0 saturated carbocycles. The van der Waals surface area contributed by atoms with Crippen LogP contribution < -0.4 is 0 Å². The highest BCUT2D eigenvalue weighted by Crippen LogP contribution is 2.19. The maximum Gasteiger partial charge on any atom is 0.345 e. The topological polar surface area (TPSA) is 63.6 Å². The number of allylic oxidation sites excluding steroid dienone is 2. The minimum atomic E-state index is -0.995. The second kappa shape index (κ2) is 59.0. The number of carbonyl (C=O) groups is 2. The number of unbranched alkanes of at least 4 members (excludes halogenated alkanes) is 51. The molecule has 0 saturated heterocycles. The van der Waals surface area contributed by atoms with E-state index in [1.54, 1.807) is 0 Å². The minimum Gasteiger partial charge on any atom is -0.479 e. The molecule has 67 heavy (non-hydrogen) atoms. The summed E-state index contributed by atoms with van der Waals surface area (Å²) in [6.07, 6.45) is 77.8. The number of hydrogen-bond acceptors (Lipinski definition) is 3. The molecular formula is C63H122O4. The number of carboxylic acid groups (broad SMARTS) is 1. The van der Waals surface area contributed by atoms with Crippen molar-refractivity contribution in [1.82, 2.24) is 0 Å². The van der Waals surface area contributed by atoms with Crippen molar-refractivity contribution < 1.29 is 19.4 Å². The Balaban J connectivity index is 3.37. The number of esters is 1. The lowest BCUT2D eigenvalue weighted by molar-refractivity contribution is -0.164. The molecule has 0 aliphatic carbocycles. The van der Waals surface area contributed by atoms with E-state index in [-0.39, 0.29) is 5.97 Å². The van der Waals surface area contributed by atoms with Gasteiger partial charge in [-0.25, -0.2) is 4.79 Å². The Morgan fingerprint density at radius 1 is 0.313 bits per heavy atom. The van der Waals surface area contributed by atoms with E-state index in [0.717, 1.165) is 38.5 Å². The van der Waals surface area contributed by atoms with E-state index in [1.165, 1.54) is 308 Å². The molecule has 1 unspecified atom stereocenters. The van der Waals surface area contributed by atoms with Gasteiger partial charge in [0.05, 0.1) is 0 Å². The summed E-state index contributed by atoms with van der Waals surface area (Å²) in [7, 11) is 0. The first-order valence-corrected chi connectivity index (χ1v) is 31.2. The quantitative estimate of drug-likeness (QED) is 0.0375. The van der Waals surface area contributed by atoms with Crippen LogP contribution in [-0.2, 0) is 14.3 Å². The normalized spacial score (nSPS) is 12.1. The fraction of sp³-hybridized carbons (Fsp3) is 0.937. The van der Waals surface area contributed by atoms with Crippen molar-refractivity contribution in [2.24, 2.45) is 0 Å². The molecule has 4 nitrogen and oxygen atoms in total. The summed E-state index contributed by atoms with van der Waals surface area (Å²) in [5.74, 6) is -1.33. The van der Waals surface area contributed by atoms with Gasteiger partial charge in [-0.1, -0.05) is 334 Å². The Bertz CT molecular complexity index is 975. The van der Waals surface area contributed by atoms with Crippen molar-refractivity contribution in [3.8, 4) is 0 Å². The van der Waals surface area contributed by atoms with Crippen LogP contribution in [0.4, 0.5) is 0 Å². The summed E-state index contributed by atoms with van der Waals surface area (Å²) in [6, 6.07) is 0. The fourth-order valence-corrected chi connectivity index (χ4v) is 10.1. The third-order valence-electron chi connectivity index (χ3n) is 14.8. The number of carboxylic acids is 1. The first kappa shape index (κ1) is 65.7. The molecule has 398 valence electrons. The van der Waals surface area contributed by atoms with Gasteiger partial charge in [0, 0.05) is 6.42 Å². The van der Waals surface area contributed by atoms with Crippen molar-refractivity contribution in [1.29, 1.82) is 0 Å². The second-order valence-corrected chi connectivity index (χ2v) is 21.6. The average Bonchev–Trinajstić information content (AvgIpc) is 3.32. The third kappa shape index (κ3) is 57.2. The number of rotatable bonds is 59. The summed E-state index contributed by atoms with van der Waals surface area (Å²) in [6.45, 7) is 4.59. The predicted octanol–water partition coefficient (Wildman–Crippen LogP) is 22.4. The van der Waals surface area contributed by atoms with Crippen LogP contribution in [-0.4, -0.2) is 23.1 Å². The summed E-state index contributed by atoms with van der Waals surface area (Å²) < 4.78 is 5.39. The zero-order chi connectivity index (χ0) is 48.5. The highest BCUT2D eigenvalue weighted by molar-refractivity contribution is 5.77. The lowest BCUT2D eigenvalue weighted by atomic mass is 10.0. The van der Waals surface area contributed by atoms with Gasteiger partial charge >= 0.3 is 11.9 Å². The molecular weight excluding hydrogens is 821 g/mol. The van der Waals surface area contributed by atoms with Crippen molar-refractivity contribution in [3.63, 3.8) is 0 Å². The molecule has 0 bridgehead atoms. The lowest BCUT2D eigenvalue weighted by Gasteiger charge is -2.13. The van der Waals surface area contributed by atoms with Crippen LogP contribution in [0.1, 0.15) is 373 Å². The zero-order valence-electron chi connectivity index (χ0n) is 46.0. The molecule has 0 aromatic rings. The molecule has 0 heterocycles. The summed E-state index contributed by atoms with van der Waals surface area (Å²) in [4.78, 5) is 24.1. The second-order valence-electron chi connectivity index (χ2n) is 21.6. The van der Waals surface area contributed by atoms with Gasteiger partial charge in [-0.15, -0.1) is 0 Å². The molecule has 0 rings (SSSR count). The molecule has 1 atom stereocenters. The van der Waals surface area contributed by atoms with E-state index < -0.39 is 12.1 Å². The van der Waals surface area contributed by atoms with E-state index in [4.69, 9.17) is 4.74 Å². The van der Waals surface area contributed by atoms with E-state index in [2.05, 4.69) is 26.0 Å². The first-order chi connectivity index (χ1) is 33.1. The molecule has 0 aliphatic heterocycles. The van der Waals surface area contributed by atoms with Gasteiger partial charge in [0.1, 0.15) is 0 Å². The first-order valence-electron chi connectivity index (χ1n) is 31.2. The van der Waals surface area contributed by atoms with Crippen LogP contribution >= 0.6 is 0 Å². The van der Waals surface area contributed by atoms with E-state index >= 15 is 0 Å². The smallest absolute Gasteiger partial charge is 0.345 e. The summed E-state index contributed by atoms with van der Waals surface area (Å²) in [5.41, 5.74) is 0. The predicted molar refractivity (Wildman–Crippen MR) is 297 cm³/mol. The van der Waals surface area contributed by atoms with Gasteiger partial charge in [-0.2, -0.15) is 0 Å². The molecule has 1 N–H and O–H groups in total. The van der Waals surface area contributed by atoms with Crippen LogP contribution in [0.15, 0.2) is 12.2 Å². The standard InChI is InChI=1S/C63H122O4/c1-3-5-7-9-11-13-15-17-19-21-23-25-26-27-28-29-30-31-32-33-34-35-36-37-38-40-41-43-45-47-49-51-53-55-57-59-61(63(65)66)67-62(64)60-58-56-54-52-50-48-46-44-42-39-24-22-20-18-16-14-12-10-8-6-4-2/h18,20,61H,3-17,19,21-60H2,1-2H3,(H,65,66). The third-order valence-corrected chi connectivity index (χ3v) is 14.8. The molecule has 0 aromatic heterocycles. The zero-order valence-corrected chi connectivity index (χ0v) is 46.0. The van der Waals surface area contributed by atoms with Gasteiger partial charge in [-0.05, 0) is 44.9 Å². The van der Waals surface area contributed by atoms with Crippen LogP contribution in [0.5, 0.6) is 0 Å². The monoisotopic (exact) mass is 943 g/mol. The molecule has 0 amide bonds. The van der Waals surface area contributed by atoms with Crippen LogP contribution in [0.2, 0.25) is 0 Å². The Labute approximate surface area is 421 Å². The van der Waals surface area contributed by atoms with Crippen molar-refractivity contribution in [2.75, 3.05) is 0 Å². The van der Waals surface area contributed by atoms with Gasteiger partial charge in [-0.3, -0.25) is 4.79 Å². The van der Waals surface area contributed by atoms with Crippen molar-refractivity contribution in [2.45, 2.75) is 380 Å². The number of hydrogen-bond donors (Lipinski definition) is 1. The number of ether oxygens (including phenoxy) is 1. The molecule has 4 heteroatoms. The summed E-state index contributed by atoms with van der Waals surface area (Å²) >= 11 is 0. The van der Waals surface area contributed by atoms with Crippen molar-refractivity contribution in [3.05, 3.63) is 12.2 Å². The Kier molecular flexibility index (Phi) is 57.8. The maximum absolute atomic E-state index is 12.4. The molecule has 0 spiro atoms. The molecule has 0 aliphatic rings. The van der Waals surface area contributed by atoms with Gasteiger partial charge in [0.25, 0.3) is 0 Å². The molecule has 0 aromatic carbocycles. The Hall–Kier alpha value is -1.32. The SMILES string of the molecule is CCCCCCCCC=CCCCCCCCCCCCCCC(=O)OC(CCCCCCCCCCCCCCCCCCCCCCCCCCCCCCCCCCCCC)C(=O)O. The number of carbonyl (C=O) groups excluding carboxylic acids is 1. The van der Waals surface area contributed by atoms with Crippen LogP contribution in [0.25, 0.3) is 0 Å². The summed E-state index contributed by atoms with van der Waals surface area (Å²) in [5, 5.41) is 9.61. The maximum atomic E-state index is 12.4. The Morgan fingerprint density at radius 2 is 0.522 bits per heavy atom. The Morgan fingerprint density at radius 3 is 0.761 bits per heavy atom. The van der Waals surface area contributed by atoms with E-state index in [1.807, 2.05) is 0 Å². The van der Waals surface area contributed by atoms with E-state index in [9.17, 15) is 14.7 Å². The molecule has 0 fully saturated rings. The largest absolute Gasteiger partial charge is 0.479 e. The van der Waals surface area contributed by atoms with Crippen LogP contribution in [0.3, 0.4) is 0 Å².